The SMILES string of the molecule is CN(C)S(=O)(=O)N(Cc1ccc(C(=O)N2CCOCC2)cc1)c1ccccc1F. The van der Waals surface area contributed by atoms with Crippen molar-refractivity contribution in [1.82, 2.24) is 9.21 Å². The van der Waals surface area contributed by atoms with Crippen molar-refractivity contribution >= 4 is 21.8 Å². The molecule has 29 heavy (non-hydrogen) atoms. The molecular weight excluding hydrogens is 397 g/mol. The molecule has 1 saturated heterocycles. The molecule has 0 N–H and O–H groups in total. The lowest BCUT2D eigenvalue weighted by Crippen LogP contribution is -2.41. The van der Waals surface area contributed by atoms with Gasteiger partial charge in [0.05, 0.1) is 25.4 Å². The summed E-state index contributed by atoms with van der Waals surface area (Å²) in [4.78, 5) is 14.3. The first-order valence-electron chi connectivity index (χ1n) is 9.21. The van der Waals surface area contributed by atoms with Gasteiger partial charge in [0.1, 0.15) is 5.82 Å². The van der Waals surface area contributed by atoms with Crippen LogP contribution in [0.1, 0.15) is 15.9 Å². The molecule has 0 saturated carbocycles. The highest BCUT2D eigenvalue weighted by Crippen LogP contribution is 2.25. The van der Waals surface area contributed by atoms with Crippen molar-refractivity contribution in [2.24, 2.45) is 0 Å². The summed E-state index contributed by atoms with van der Waals surface area (Å²) in [6, 6.07) is 12.4. The van der Waals surface area contributed by atoms with E-state index in [9.17, 15) is 17.6 Å². The number of nitrogens with zero attached hydrogens (tertiary/aromatic N) is 3. The lowest BCUT2D eigenvalue weighted by Gasteiger charge is -2.28. The zero-order valence-corrected chi connectivity index (χ0v) is 17.2. The van der Waals surface area contributed by atoms with Crippen molar-refractivity contribution in [3.05, 3.63) is 65.5 Å². The van der Waals surface area contributed by atoms with Crippen LogP contribution in [0.5, 0.6) is 0 Å². The van der Waals surface area contributed by atoms with Crippen LogP contribution in [0.15, 0.2) is 48.5 Å². The summed E-state index contributed by atoms with van der Waals surface area (Å²) in [6.45, 7) is 2.06. The smallest absolute Gasteiger partial charge is 0.303 e. The van der Waals surface area contributed by atoms with Gasteiger partial charge in [-0.05, 0) is 29.8 Å². The molecule has 9 heteroatoms. The molecule has 0 bridgehead atoms. The predicted molar refractivity (Wildman–Crippen MR) is 108 cm³/mol. The highest BCUT2D eigenvalue weighted by molar-refractivity contribution is 7.90. The monoisotopic (exact) mass is 421 g/mol. The molecular formula is C20H24FN3O4S. The van der Waals surface area contributed by atoms with Crippen molar-refractivity contribution in [2.45, 2.75) is 6.54 Å². The van der Waals surface area contributed by atoms with Crippen LogP contribution in [0.2, 0.25) is 0 Å². The first kappa shape index (κ1) is 21.2. The number of carbonyl (C=O) groups is 1. The van der Waals surface area contributed by atoms with E-state index in [1.165, 1.54) is 32.3 Å². The average Bonchev–Trinajstić information content (AvgIpc) is 2.73. The second-order valence-corrected chi connectivity index (χ2v) is 8.92. The van der Waals surface area contributed by atoms with E-state index in [1.54, 1.807) is 35.2 Å². The van der Waals surface area contributed by atoms with E-state index >= 15 is 0 Å². The van der Waals surface area contributed by atoms with Crippen molar-refractivity contribution in [2.75, 3.05) is 44.7 Å². The van der Waals surface area contributed by atoms with E-state index < -0.39 is 16.0 Å². The standard InChI is InChI=1S/C20H24FN3O4S/c1-22(2)29(26,27)24(19-6-4-3-5-18(19)21)15-16-7-9-17(10-8-16)20(25)23-11-13-28-14-12-23/h3-10H,11-15H2,1-2H3. The number of carbonyl (C=O) groups excluding carboxylic acids is 1. The molecule has 0 spiro atoms. The minimum atomic E-state index is -3.92. The second kappa shape index (κ2) is 8.89. The zero-order valence-electron chi connectivity index (χ0n) is 16.4. The molecule has 1 aliphatic rings. The van der Waals surface area contributed by atoms with Gasteiger partial charge in [0.15, 0.2) is 0 Å². The van der Waals surface area contributed by atoms with E-state index in [4.69, 9.17) is 4.74 Å². The Morgan fingerprint density at radius 2 is 1.69 bits per heavy atom. The van der Waals surface area contributed by atoms with E-state index in [-0.39, 0.29) is 18.1 Å². The molecule has 156 valence electrons. The number of morpholine rings is 1. The molecule has 1 amide bonds. The number of para-hydroxylation sites is 1. The molecule has 0 aromatic heterocycles. The number of benzene rings is 2. The maximum absolute atomic E-state index is 14.3. The summed E-state index contributed by atoms with van der Waals surface area (Å²) in [5.41, 5.74) is 1.12. The fourth-order valence-electron chi connectivity index (χ4n) is 3.01. The number of ether oxygens (including phenoxy) is 1. The number of hydrogen-bond donors (Lipinski definition) is 0. The maximum atomic E-state index is 14.3. The summed E-state index contributed by atoms with van der Waals surface area (Å²) in [5, 5.41) is 0. The van der Waals surface area contributed by atoms with Crippen LogP contribution in [0, 0.1) is 5.82 Å². The number of hydrogen-bond acceptors (Lipinski definition) is 4. The van der Waals surface area contributed by atoms with Gasteiger partial charge in [-0.2, -0.15) is 12.7 Å². The summed E-state index contributed by atoms with van der Waals surface area (Å²) < 4.78 is 47.2. The third kappa shape index (κ3) is 4.75. The quantitative estimate of drug-likeness (QED) is 0.716. The Balaban J connectivity index is 1.85. The summed E-state index contributed by atoms with van der Waals surface area (Å²) in [6.07, 6.45) is 0. The largest absolute Gasteiger partial charge is 0.378 e. The fourth-order valence-corrected chi connectivity index (χ4v) is 4.11. The Bertz CT molecular complexity index is 958. The third-order valence-electron chi connectivity index (χ3n) is 4.69. The van der Waals surface area contributed by atoms with E-state index in [2.05, 4.69) is 0 Å². The van der Waals surface area contributed by atoms with Crippen LogP contribution >= 0.6 is 0 Å². The first-order valence-corrected chi connectivity index (χ1v) is 10.6. The van der Waals surface area contributed by atoms with E-state index in [0.29, 0.717) is 37.4 Å². The minimum absolute atomic E-state index is 0.0327. The van der Waals surface area contributed by atoms with Crippen molar-refractivity contribution in [3.63, 3.8) is 0 Å². The lowest BCUT2D eigenvalue weighted by atomic mass is 10.1. The molecule has 2 aromatic rings. The van der Waals surface area contributed by atoms with Crippen molar-refractivity contribution < 1.29 is 22.3 Å². The minimum Gasteiger partial charge on any atom is -0.378 e. The topological polar surface area (TPSA) is 70.2 Å². The van der Waals surface area contributed by atoms with Gasteiger partial charge in [-0.3, -0.25) is 9.10 Å². The van der Waals surface area contributed by atoms with Gasteiger partial charge >= 0.3 is 10.2 Å². The van der Waals surface area contributed by atoms with Gasteiger partial charge in [0.25, 0.3) is 5.91 Å². The van der Waals surface area contributed by atoms with Gasteiger partial charge in [-0.25, -0.2) is 4.39 Å². The molecule has 0 atom stereocenters. The van der Waals surface area contributed by atoms with E-state index in [0.717, 1.165) is 8.61 Å². The van der Waals surface area contributed by atoms with Crippen LogP contribution in [0.4, 0.5) is 10.1 Å². The first-order chi connectivity index (χ1) is 13.8. The Hall–Kier alpha value is -2.49. The van der Waals surface area contributed by atoms with Crippen LogP contribution in [-0.4, -0.2) is 63.9 Å². The fraction of sp³-hybridized carbons (Fsp3) is 0.350. The van der Waals surface area contributed by atoms with Gasteiger partial charge in [0, 0.05) is 32.7 Å². The molecule has 1 fully saturated rings. The average molecular weight is 421 g/mol. The summed E-state index contributed by atoms with van der Waals surface area (Å²) >= 11 is 0. The lowest BCUT2D eigenvalue weighted by molar-refractivity contribution is 0.0303. The molecule has 1 heterocycles. The number of amides is 1. The Morgan fingerprint density at radius 3 is 2.28 bits per heavy atom. The highest BCUT2D eigenvalue weighted by Gasteiger charge is 2.27. The Kier molecular flexibility index (Phi) is 6.51. The molecule has 0 radical (unpaired) electrons. The van der Waals surface area contributed by atoms with Gasteiger partial charge in [-0.1, -0.05) is 24.3 Å². The third-order valence-corrected chi connectivity index (χ3v) is 6.49. The van der Waals surface area contributed by atoms with Crippen LogP contribution in [0.3, 0.4) is 0 Å². The molecule has 7 nitrogen and oxygen atoms in total. The molecule has 0 aliphatic carbocycles. The summed E-state index contributed by atoms with van der Waals surface area (Å²) in [5.74, 6) is -0.719. The number of anilines is 1. The highest BCUT2D eigenvalue weighted by atomic mass is 32.2. The predicted octanol–water partition coefficient (Wildman–Crippen LogP) is 2.11. The number of halogens is 1. The number of rotatable bonds is 6. The van der Waals surface area contributed by atoms with Gasteiger partial charge in [0.2, 0.25) is 0 Å². The van der Waals surface area contributed by atoms with Crippen LogP contribution < -0.4 is 4.31 Å². The van der Waals surface area contributed by atoms with Crippen LogP contribution in [-0.2, 0) is 21.5 Å². The van der Waals surface area contributed by atoms with Crippen molar-refractivity contribution in [1.29, 1.82) is 0 Å². The van der Waals surface area contributed by atoms with Gasteiger partial charge < -0.3 is 9.64 Å². The summed E-state index contributed by atoms with van der Waals surface area (Å²) in [7, 11) is -1.13. The molecule has 3 rings (SSSR count). The normalized spacial score (nSPS) is 14.8. The second-order valence-electron chi connectivity index (χ2n) is 6.85. The molecule has 2 aromatic carbocycles. The molecule has 0 unspecified atom stereocenters. The maximum Gasteiger partial charge on any atom is 0.303 e. The van der Waals surface area contributed by atoms with Crippen molar-refractivity contribution in [3.8, 4) is 0 Å². The molecule has 1 aliphatic heterocycles. The van der Waals surface area contributed by atoms with E-state index in [1.807, 2.05) is 0 Å². The van der Waals surface area contributed by atoms with Gasteiger partial charge in [-0.15, -0.1) is 0 Å². The zero-order chi connectivity index (χ0) is 21.0. The van der Waals surface area contributed by atoms with Crippen LogP contribution in [0.25, 0.3) is 0 Å². The Labute approximate surface area is 170 Å². The Morgan fingerprint density at radius 1 is 1.07 bits per heavy atom.